The third kappa shape index (κ3) is 4.11. The van der Waals surface area contributed by atoms with Crippen molar-refractivity contribution in [3.63, 3.8) is 0 Å². The van der Waals surface area contributed by atoms with Crippen molar-refractivity contribution in [3.8, 4) is 0 Å². The third-order valence-electron chi connectivity index (χ3n) is 3.57. The fraction of sp³-hybridized carbons (Fsp3) is 0.600. The van der Waals surface area contributed by atoms with Gasteiger partial charge in [-0.2, -0.15) is 0 Å². The summed E-state index contributed by atoms with van der Waals surface area (Å²) in [7, 11) is 4.12. The molecule has 2 rings (SSSR count). The molecule has 0 bridgehead atoms. The molecule has 4 nitrogen and oxygen atoms in total. The quantitative estimate of drug-likeness (QED) is 0.878. The summed E-state index contributed by atoms with van der Waals surface area (Å²) in [5.74, 6) is 0. The second kappa shape index (κ2) is 6.78. The minimum absolute atomic E-state index is 0.289. The summed E-state index contributed by atoms with van der Waals surface area (Å²) in [6.45, 7) is 7.11. The maximum atomic E-state index is 5.79. The predicted molar refractivity (Wildman–Crippen MR) is 81.1 cm³/mol. The van der Waals surface area contributed by atoms with E-state index in [2.05, 4.69) is 60.4 Å². The minimum atomic E-state index is 0.289. The van der Waals surface area contributed by atoms with Gasteiger partial charge in [0.15, 0.2) is 0 Å². The average Bonchev–Trinajstić information content (AvgIpc) is 2.45. The Morgan fingerprint density at radius 2 is 2.26 bits per heavy atom. The monoisotopic (exact) mass is 263 g/mol. The average molecular weight is 263 g/mol. The van der Waals surface area contributed by atoms with Gasteiger partial charge in [0.1, 0.15) is 0 Å². The van der Waals surface area contributed by atoms with Crippen LogP contribution >= 0.6 is 0 Å². The molecule has 4 heteroatoms. The van der Waals surface area contributed by atoms with Crippen molar-refractivity contribution >= 4 is 11.4 Å². The van der Waals surface area contributed by atoms with E-state index in [1.54, 1.807) is 0 Å². The number of morpholine rings is 1. The lowest BCUT2D eigenvalue weighted by Crippen LogP contribution is -2.45. The van der Waals surface area contributed by atoms with Crippen molar-refractivity contribution < 1.29 is 4.74 Å². The first kappa shape index (κ1) is 14.2. The molecule has 0 aromatic heterocycles. The Morgan fingerprint density at radius 3 is 3.00 bits per heavy atom. The lowest BCUT2D eigenvalue weighted by Gasteiger charge is -2.32. The molecule has 0 spiro atoms. The van der Waals surface area contributed by atoms with Gasteiger partial charge in [0, 0.05) is 45.1 Å². The van der Waals surface area contributed by atoms with Gasteiger partial charge in [-0.05, 0) is 24.7 Å². The Hall–Kier alpha value is -1.26. The van der Waals surface area contributed by atoms with Crippen molar-refractivity contribution in [1.82, 2.24) is 4.90 Å². The molecular formula is C15H25N3O. The highest BCUT2D eigenvalue weighted by atomic mass is 16.5. The summed E-state index contributed by atoms with van der Waals surface area (Å²) in [5.41, 5.74) is 2.37. The normalized spacial score (nSPS) is 20.3. The van der Waals surface area contributed by atoms with Gasteiger partial charge < -0.3 is 15.0 Å². The SMILES string of the molecule is CCN1CCOC(CNc2cccc(N(C)C)c2)C1. The molecule has 0 aliphatic carbocycles. The van der Waals surface area contributed by atoms with Gasteiger partial charge >= 0.3 is 0 Å². The van der Waals surface area contributed by atoms with Crippen LogP contribution in [0.15, 0.2) is 24.3 Å². The molecule has 1 unspecified atom stereocenters. The van der Waals surface area contributed by atoms with Crippen molar-refractivity contribution in [3.05, 3.63) is 24.3 Å². The van der Waals surface area contributed by atoms with E-state index in [0.29, 0.717) is 0 Å². The number of anilines is 2. The fourth-order valence-corrected chi connectivity index (χ4v) is 2.32. The maximum absolute atomic E-state index is 5.79. The lowest BCUT2D eigenvalue weighted by molar-refractivity contribution is -0.0191. The van der Waals surface area contributed by atoms with Gasteiger partial charge in [0.25, 0.3) is 0 Å². The van der Waals surface area contributed by atoms with Crippen molar-refractivity contribution in [1.29, 1.82) is 0 Å². The summed E-state index contributed by atoms with van der Waals surface area (Å²) in [6, 6.07) is 8.46. The highest BCUT2D eigenvalue weighted by Gasteiger charge is 2.18. The standard InChI is InChI=1S/C15H25N3O/c1-4-18-8-9-19-15(12-18)11-16-13-6-5-7-14(10-13)17(2)3/h5-7,10,15-16H,4,8-9,11-12H2,1-3H3. The molecule has 1 aromatic carbocycles. The molecule has 1 aromatic rings. The molecule has 19 heavy (non-hydrogen) atoms. The molecule has 1 saturated heterocycles. The lowest BCUT2D eigenvalue weighted by atomic mass is 10.2. The van der Waals surface area contributed by atoms with Crippen LogP contribution < -0.4 is 10.2 Å². The van der Waals surface area contributed by atoms with E-state index in [-0.39, 0.29) is 6.10 Å². The third-order valence-corrected chi connectivity index (χ3v) is 3.57. The highest BCUT2D eigenvalue weighted by molar-refractivity contribution is 5.57. The van der Waals surface area contributed by atoms with Crippen LogP contribution in [0.25, 0.3) is 0 Å². The molecule has 1 aliphatic rings. The van der Waals surface area contributed by atoms with Crippen molar-refractivity contribution in [2.75, 3.05) is 57.1 Å². The topological polar surface area (TPSA) is 27.7 Å². The zero-order valence-electron chi connectivity index (χ0n) is 12.2. The van der Waals surface area contributed by atoms with Crippen LogP contribution in [-0.2, 0) is 4.74 Å². The van der Waals surface area contributed by atoms with Crippen LogP contribution in [0, 0.1) is 0 Å². The number of hydrogen-bond donors (Lipinski definition) is 1. The summed E-state index contributed by atoms with van der Waals surface area (Å²) < 4.78 is 5.79. The zero-order valence-corrected chi connectivity index (χ0v) is 12.2. The summed E-state index contributed by atoms with van der Waals surface area (Å²) >= 11 is 0. The number of nitrogens with zero attached hydrogens (tertiary/aromatic N) is 2. The van der Waals surface area contributed by atoms with Crippen LogP contribution in [0.2, 0.25) is 0 Å². The van der Waals surface area contributed by atoms with E-state index in [9.17, 15) is 0 Å². The van der Waals surface area contributed by atoms with Crippen molar-refractivity contribution in [2.45, 2.75) is 13.0 Å². The number of rotatable bonds is 5. The number of likely N-dealkylation sites (N-methyl/N-ethyl adjacent to an activating group) is 1. The maximum Gasteiger partial charge on any atom is 0.0874 e. The number of benzene rings is 1. The first-order valence-electron chi connectivity index (χ1n) is 7.04. The second-order valence-corrected chi connectivity index (χ2v) is 5.21. The van der Waals surface area contributed by atoms with Gasteiger partial charge in [-0.3, -0.25) is 4.90 Å². The van der Waals surface area contributed by atoms with Gasteiger partial charge in [-0.15, -0.1) is 0 Å². The van der Waals surface area contributed by atoms with Gasteiger partial charge in [-0.25, -0.2) is 0 Å². The van der Waals surface area contributed by atoms with Gasteiger partial charge in [-0.1, -0.05) is 13.0 Å². The van der Waals surface area contributed by atoms with Crippen LogP contribution in [-0.4, -0.2) is 57.9 Å². The Balaban J connectivity index is 1.86. The predicted octanol–water partition coefficient (Wildman–Crippen LogP) is 1.89. The number of nitrogens with one attached hydrogen (secondary N) is 1. The van der Waals surface area contributed by atoms with E-state index in [4.69, 9.17) is 4.74 Å². The Kier molecular flexibility index (Phi) is 5.05. The van der Waals surface area contributed by atoms with E-state index < -0.39 is 0 Å². The summed E-state index contributed by atoms with van der Waals surface area (Å²) in [4.78, 5) is 4.55. The molecule has 1 N–H and O–H groups in total. The smallest absolute Gasteiger partial charge is 0.0874 e. The van der Waals surface area contributed by atoms with Crippen LogP contribution in [0.1, 0.15) is 6.92 Å². The summed E-state index contributed by atoms with van der Waals surface area (Å²) in [5, 5.41) is 3.48. The van der Waals surface area contributed by atoms with Gasteiger partial charge in [0.2, 0.25) is 0 Å². The fourth-order valence-electron chi connectivity index (χ4n) is 2.32. The van der Waals surface area contributed by atoms with E-state index >= 15 is 0 Å². The molecule has 0 amide bonds. The Morgan fingerprint density at radius 1 is 1.42 bits per heavy atom. The molecule has 0 saturated carbocycles. The Labute approximate surface area is 116 Å². The zero-order chi connectivity index (χ0) is 13.7. The Bertz CT molecular complexity index is 395. The van der Waals surface area contributed by atoms with Gasteiger partial charge in [0.05, 0.1) is 12.7 Å². The van der Waals surface area contributed by atoms with Crippen LogP contribution in [0.3, 0.4) is 0 Å². The largest absolute Gasteiger partial charge is 0.382 e. The molecule has 106 valence electrons. The summed E-state index contributed by atoms with van der Waals surface area (Å²) in [6.07, 6.45) is 0.289. The molecule has 1 atom stereocenters. The molecule has 1 aliphatic heterocycles. The minimum Gasteiger partial charge on any atom is -0.382 e. The molecule has 1 heterocycles. The van der Waals surface area contributed by atoms with E-state index in [0.717, 1.165) is 38.5 Å². The first-order valence-corrected chi connectivity index (χ1v) is 7.04. The van der Waals surface area contributed by atoms with E-state index in [1.807, 2.05) is 0 Å². The molecule has 0 radical (unpaired) electrons. The van der Waals surface area contributed by atoms with Crippen LogP contribution in [0.4, 0.5) is 11.4 Å². The highest BCUT2D eigenvalue weighted by Crippen LogP contribution is 2.17. The number of hydrogen-bond acceptors (Lipinski definition) is 4. The molecular weight excluding hydrogens is 238 g/mol. The second-order valence-electron chi connectivity index (χ2n) is 5.21. The van der Waals surface area contributed by atoms with Crippen LogP contribution in [0.5, 0.6) is 0 Å². The van der Waals surface area contributed by atoms with E-state index in [1.165, 1.54) is 5.69 Å². The first-order chi connectivity index (χ1) is 9.19. The molecule has 1 fully saturated rings. The number of ether oxygens (including phenoxy) is 1. The van der Waals surface area contributed by atoms with Crippen molar-refractivity contribution in [2.24, 2.45) is 0 Å².